The molecular weight excluding hydrogens is 364 g/mol. The minimum absolute atomic E-state index is 0.173. The summed E-state index contributed by atoms with van der Waals surface area (Å²) in [5.41, 5.74) is 4.89. The van der Waals surface area contributed by atoms with E-state index < -0.39 is 0 Å². The second kappa shape index (κ2) is 6.07. The average Bonchev–Trinajstić information content (AvgIpc) is 3.05. The van der Waals surface area contributed by atoms with Gasteiger partial charge in [0, 0.05) is 12.6 Å². The van der Waals surface area contributed by atoms with Crippen molar-refractivity contribution < 1.29 is 9.59 Å². The van der Waals surface area contributed by atoms with Crippen molar-refractivity contribution >= 4 is 57.1 Å². The fraction of sp³-hybridized carbons (Fsp3) is 0.150. The number of anilines is 2. The third-order valence-corrected chi connectivity index (χ3v) is 6.24. The van der Waals surface area contributed by atoms with E-state index in [1.807, 2.05) is 56.3 Å². The molecule has 0 N–H and O–H groups in total. The number of rotatable bonds is 1. The van der Waals surface area contributed by atoms with Crippen molar-refractivity contribution in [1.29, 1.82) is 0 Å². The molecule has 0 atom stereocenters. The van der Waals surface area contributed by atoms with Crippen LogP contribution in [0.15, 0.2) is 47.4 Å². The molecule has 0 saturated carbocycles. The van der Waals surface area contributed by atoms with Crippen molar-refractivity contribution in [2.75, 3.05) is 16.8 Å². The first-order valence-corrected chi connectivity index (χ1v) is 9.38. The van der Waals surface area contributed by atoms with Crippen LogP contribution in [0.5, 0.6) is 0 Å². The molecule has 6 heteroatoms. The van der Waals surface area contributed by atoms with E-state index >= 15 is 0 Å². The van der Waals surface area contributed by atoms with Gasteiger partial charge in [-0.05, 0) is 37.1 Å². The van der Waals surface area contributed by atoms with E-state index in [0.717, 1.165) is 28.1 Å². The number of carbonyl (C=O) groups excluding carboxylic acids is 2. The Hall–Kier alpha value is -2.44. The highest BCUT2D eigenvalue weighted by Gasteiger charge is 2.41. The summed E-state index contributed by atoms with van der Waals surface area (Å²) in [5, 5.41) is 0. The fourth-order valence-corrected chi connectivity index (χ4v) is 4.65. The highest BCUT2D eigenvalue weighted by molar-refractivity contribution is 8.27. The number of aryl methyl sites for hydroxylation is 1. The first kappa shape index (κ1) is 17.0. The largest absolute Gasteiger partial charge is 0.311 e. The average molecular weight is 380 g/mol. The molecular formula is C20H16N2O2S2. The van der Waals surface area contributed by atoms with Crippen LogP contribution in [-0.2, 0) is 9.59 Å². The molecule has 4 rings (SSSR count). The van der Waals surface area contributed by atoms with Crippen molar-refractivity contribution in [2.45, 2.75) is 13.8 Å². The monoisotopic (exact) mass is 380 g/mol. The Morgan fingerprint density at radius 1 is 0.923 bits per heavy atom. The first-order valence-electron chi connectivity index (χ1n) is 8.16. The molecule has 1 saturated heterocycles. The van der Waals surface area contributed by atoms with Crippen molar-refractivity contribution in [2.24, 2.45) is 0 Å². The van der Waals surface area contributed by atoms with Crippen LogP contribution in [0.25, 0.3) is 5.57 Å². The van der Waals surface area contributed by atoms with Crippen LogP contribution in [-0.4, -0.2) is 23.2 Å². The predicted octanol–water partition coefficient (Wildman–Crippen LogP) is 4.06. The molecule has 2 aliphatic heterocycles. The van der Waals surface area contributed by atoms with Crippen LogP contribution in [0.2, 0.25) is 0 Å². The first-order chi connectivity index (χ1) is 12.4. The molecule has 0 aliphatic carbocycles. The van der Waals surface area contributed by atoms with Crippen molar-refractivity contribution in [3.05, 3.63) is 64.1 Å². The molecule has 2 aliphatic rings. The lowest BCUT2D eigenvalue weighted by Gasteiger charge is -2.18. The molecule has 0 spiro atoms. The summed E-state index contributed by atoms with van der Waals surface area (Å²) in [6.45, 7) is 3.97. The lowest BCUT2D eigenvalue weighted by molar-refractivity contribution is -0.115. The van der Waals surface area contributed by atoms with Gasteiger partial charge >= 0.3 is 0 Å². The second-order valence-electron chi connectivity index (χ2n) is 6.31. The number of carbonyl (C=O) groups is 2. The SMILES string of the molecule is Cc1cccc(N2C(=O)C(=C3C(=O)N(C)c4ccccc43)SC2=S)c1C. The maximum atomic E-state index is 13.2. The maximum absolute atomic E-state index is 13.2. The number of fused-ring (bicyclic) bond motifs is 1. The van der Waals surface area contributed by atoms with Crippen LogP contribution in [0.4, 0.5) is 11.4 Å². The van der Waals surface area contributed by atoms with E-state index in [2.05, 4.69) is 0 Å². The summed E-state index contributed by atoms with van der Waals surface area (Å²) in [7, 11) is 1.72. The van der Waals surface area contributed by atoms with Crippen LogP contribution in [0, 0.1) is 13.8 Å². The zero-order chi connectivity index (χ0) is 18.6. The Balaban J connectivity index is 1.87. The minimum Gasteiger partial charge on any atom is -0.311 e. The number of amides is 2. The Morgan fingerprint density at radius 3 is 2.38 bits per heavy atom. The van der Waals surface area contributed by atoms with E-state index in [1.54, 1.807) is 16.8 Å². The summed E-state index contributed by atoms with van der Waals surface area (Å²) in [6, 6.07) is 13.3. The van der Waals surface area contributed by atoms with Gasteiger partial charge in [0.1, 0.15) is 0 Å². The number of para-hydroxylation sites is 1. The molecule has 1 fully saturated rings. The smallest absolute Gasteiger partial charge is 0.271 e. The number of nitrogens with zero attached hydrogens (tertiary/aromatic N) is 2. The topological polar surface area (TPSA) is 40.6 Å². The molecule has 2 aromatic carbocycles. The third-order valence-electron chi connectivity index (χ3n) is 4.87. The van der Waals surface area contributed by atoms with E-state index in [9.17, 15) is 9.59 Å². The van der Waals surface area contributed by atoms with Gasteiger partial charge in [0.05, 0.1) is 21.9 Å². The Morgan fingerprint density at radius 2 is 1.62 bits per heavy atom. The van der Waals surface area contributed by atoms with Gasteiger partial charge in [-0.15, -0.1) is 0 Å². The molecule has 26 heavy (non-hydrogen) atoms. The Labute approximate surface area is 161 Å². The summed E-state index contributed by atoms with van der Waals surface area (Å²) < 4.78 is 0.450. The van der Waals surface area contributed by atoms with Gasteiger partial charge in [0.15, 0.2) is 4.32 Å². The lowest BCUT2D eigenvalue weighted by Crippen LogP contribution is -2.29. The second-order valence-corrected chi connectivity index (χ2v) is 7.96. The third kappa shape index (κ3) is 2.33. The highest BCUT2D eigenvalue weighted by atomic mass is 32.2. The molecule has 0 aromatic heterocycles. The van der Waals surface area contributed by atoms with Gasteiger partial charge in [-0.1, -0.05) is 54.3 Å². The summed E-state index contributed by atoms with van der Waals surface area (Å²) in [6.07, 6.45) is 0. The number of hydrogen-bond acceptors (Lipinski definition) is 4. The molecule has 2 heterocycles. The molecule has 4 nitrogen and oxygen atoms in total. The zero-order valence-corrected chi connectivity index (χ0v) is 16.2. The number of likely N-dealkylation sites (N-methyl/N-ethyl adjacent to an activating group) is 1. The normalized spacial score (nSPS) is 19.6. The summed E-state index contributed by atoms with van der Waals surface area (Å²) >= 11 is 6.69. The number of hydrogen-bond donors (Lipinski definition) is 0. The summed E-state index contributed by atoms with van der Waals surface area (Å²) in [5.74, 6) is -0.408. The zero-order valence-electron chi connectivity index (χ0n) is 14.6. The lowest BCUT2D eigenvalue weighted by atomic mass is 10.1. The highest BCUT2D eigenvalue weighted by Crippen LogP contribution is 2.45. The van der Waals surface area contributed by atoms with Gasteiger partial charge < -0.3 is 4.90 Å². The standard InChI is InChI=1S/C20H16N2O2S2/c1-11-7-6-10-14(12(11)2)22-19(24)17(26-20(22)25)16-13-8-4-5-9-15(13)21(3)18(16)23/h4-10H,1-3H3. The van der Waals surface area contributed by atoms with E-state index in [-0.39, 0.29) is 11.8 Å². The number of benzene rings is 2. The van der Waals surface area contributed by atoms with Crippen LogP contribution < -0.4 is 9.80 Å². The number of thioether (sulfide) groups is 1. The maximum Gasteiger partial charge on any atom is 0.271 e. The van der Waals surface area contributed by atoms with Gasteiger partial charge in [-0.25, -0.2) is 0 Å². The van der Waals surface area contributed by atoms with E-state index in [4.69, 9.17) is 12.2 Å². The predicted molar refractivity (Wildman–Crippen MR) is 110 cm³/mol. The van der Waals surface area contributed by atoms with Gasteiger partial charge in [-0.2, -0.15) is 0 Å². The van der Waals surface area contributed by atoms with Gasteiger partial charge in [0.25, 0.3) is 11.8 Å². The molecule has 2 amide bonds. The molecule has 0 bridgehead atoms. The minimum atomic E-state index is -0.234. The van der Waals surface area contributed by atoms with Crippen molar-refractivity contribution in [1.82, 2.24) is 0 Å². The van der Waals surface area contributed by atoms with Crippen molar-refractivity contribution in [3.63, 3.8) is 0 Å². The van der Waals surface area contributed by atoms with Crippen LogP contribution >= 0.6 is 24.0 Å². The molecule has 2 aromatic rings. The van der Waals surface area contributed by atoms with Gasteiger partial charge in [-0.3, -0.25) is 14.5 Å². The van der Waals surface area contributed by atoms with Gasteiger partial charge in [0.2, 0.25) is 0 Å². The quantitative estimate of drug-likeness (QED) is 0.553. The molecule has 0 radical (unpaired) electrons. The molecule has 0 unspecified atom stereocenters. The fourth-order valence-electron chi connectivity index (χ4n) is 3.29. The van der Waals surface area contributed by atoms with E-state index in [1.165, 1.54) is 11.8 Å². The Bertz CT molecular complexity index is 1030. The number of thiocarbonyl (C=S) groups is 1. The van der Waals surface area contributed by atoms with E-state index in [0.29, 0.717) is 14.8 Å². The van der Waals surface area contributed by atoms with Crippen LogP contribution in [0.1, 0.15) is 16.7 Å². The Kier molecular flexibility index (Phi) is 3.97. The molecule has 130 valence electrons. The summed E-state index contributed by atoms with van der Waals surface area (Å²) in [4.78, 5) is 29.5. The van der Waals surface area contributed by atoms with Crippen molar-refractivity contribution in [3.8, 4) is 0 Å². The van der Waals surface area contributed by atoms with Crippen LogP contribution in [0.3, 0.4) is 0 Å².